The molecule has 0 aliphatic heterocycles. The Balaban J connectivity index is 2.33. The summed E-state index contributed by atoms with van der Waals surface area (Å²) in [5.41, 5.74) is 1.79. The smallest absolute Gasteiger partial charge is 0.250 e. The minimum absolute atomic E-state index is 0.0146. The number of hydrogen-bond donors (Lipinski definition) is 2. The summed E-state index contributed by atoms with van der Waals surface area (Å²) in [6, 6.07) is 3.17. The molecule has 6 nitrogen and oxygen atoms in total. The third-order valence-corrected chi connectivity index (χ3v) is 4.73. The van der Waals surface area contributed by atoms with Gasteiger partial charge in [-0.3, -0.25) is 9.63 Å². The molecule has 1 aromatic rings. The molecule has 0 saturated heterocycles. The largest absolute Gasteiger partial charge is 0.273 e. The summed E-state index contributed by atoms with van der Waals surface area (Å²) >= 11 is 1.13. The van der Waals surface area contributed by atoms with E-state index in [1.807, 2.05) is 0 Å². The molecule has 1 rings (SSSR count). The van der Waals surface area contributed by atoms with Crippen molar-refractivity contribution in [2.75, 3.05) is 6.54 Å². The molecule has 0 aromatic carbocycles. The van der Waals surface area contributed by atoms with Crippen molar-refractivity contribution in [3.63, 3.8) is 0 Å². The lowest BCUT2D eigenvalue weighted by atomic mass is 10.2. The van der Waals surface area contributed by atoms with Crippen molar-refractivity contribution in [1.29, 1.82) is 0 Å². The van der Waals surface area contributed by atoms with Crippen LogP contribution in [0.1, 0.15) is 27.2 Å². The van der Waals surface area contributed by atoms with Crippen LogP contribution < -0.4 is 10.2 Å². The van der Waals surface area contributed by atoms with Gasteiger partial charge in [-0.05, 0) is 32.2 Å². The Morgan fingerprint density at radius 2 is 2.11 bits per heavy atom. The van der Waals surface area contributed by atoms with E-state index in [0.717, 1.165) is 11.3 Å². The molecule has 0 radical (unpaired) electrons. The minimum atomic E-state index is -3.51. The maximum absolute atomic E-state index is 11.7. The standard InChI is InChI=1S/C11H18N2O4S2/c1-11(2,3)17-13-9(14)6-7-12-19(15,16)10-5-4-8-18-10/h4-5,8,12H,6-7H2,1-3H3,(H,13,14). The van der Waals surface area contributed by atoms with Crippen molar-refractivity contribution in [1.82, 2.24) is 10.2 Å². The molecule has 1 aromatic heterocycles. The van der Waals surface area contributed by atoms with Gasteiger partial charge < -0.3 is 0 Å². The van der Waals surface area contributed by atoms with Gasteiger partial charge in [-0.2, -0.15) is 0 Å². The van der Waals surface area contributed by atoms with Gasteiger partial charge in [0.1, 0.15) is 4.21 Å². The molecule has 0 saturated carbocycles. The molecule has 0 aliphatic carbocycles. The minimum Gasteiger partial charge on any atom is -0.273 e. The quantitative estimate of drug-likeness (QED) is 0.775. The van der Waals surface area contributed by atoms with E-state index in [4.69, 9.17) is 4.84 Å². The number of hydroxylamine groups is 1. The number of hydrogen-bond acceptors (Lipinski definition) is 5. The summed E-state index contributed by atoms with van der Waals surface area (Å²) in [5, 5.41) is 1.68. The van der Waals surface area contributed by atoms with Crippen molar-refractivity contribution < 1.29 is 18.0 Å². The van der Waals surface area contributed by atoms with Crippen LogP contribution in [-0.4, -0.2) is 26.5 Å². The summed E-state index contributed by atoms with van der Waals surface area (Å²) in [7, 11) is -3.51. The fourth-order valence-corrected chi connectivity index (χ4v) is 3.12. The third kappa shape index (κ3) is 6.15. The van der Waals surface area contributed by atoms with Gasteiger partial charge in [-0.15, -0.1) is 11.3 Å². The van der Waals surface area contributed by atoms with Gasteiger partial charge in [0.05, 0.1) is 5.60 Å². The van der Waals surface area contributed by atoms with E-state index in [2.05, 4.69) is 10.2 Å². The first-order valence-corrected chi connectivity index (χ1v) is 8.07. The Labute approximate surface area is 117 Å². The molecule has 19 heavy (non-hydrogen) atoms. The predicted octanol–water partition coefficient (Wildman–Crippen LogP) is 1.26. The highest BCUT2D eigenvalue weighted by Gasteiger charge is 2.16. The summed E-state index contributed by atoms with van der Waals surface area (Å²) in [6.07, 6.45) is 0.0146. The highest BCUT2D eigenvalue weighted by Crippen LogP contribution is 2.14. The van der Waals surface area contributed by atoms with Gasteiger partial charge >= 0.3 is 0 Å². The Morgan fingerprint density at radius 3 is 2.63 bits per heavy atom. The molecule has 0 aliphatic rings. The molecule has 0 bridgehead atoms. The maximum atomic E-state index is 11.7. The lowest BCUT2D eigenvalue weighted by Crippen LogP contribution is -2.35. The normalized spacial score (nSPS) is 12.4. The van der Waals surface area contributed by atoms with Gasteiger partial charge in [0.25, 0.3) is 0 Å². The number of thiophene rings is 1. The monoisotopic (exact) mass is 306 g/mol. The molecule has 1 amide bonds. The van der Waals surface area contributed by atoms with Crippen molar-refractivity contribution >= 4 is 27.3 Å². The van der Waals surface area contributed by atoms with Gasteiger partial charge in [-0.1, -0.05) is 6.07 Å². The van der Waals surface area contributed by atoms with Gasteiger partial charge in [-0.25, -0.2) is 18.6 Å². The van der Waals surface area contributed by atoms with E-state index in [1.54, 1.807) is 32.2 Å². The van der Waals surface area contributed by atoms with Crippen molar-refractivity contribution in [2.45, 2.75) is 37.0 Å². The third-order valence-electron chi connectivity index (χ3n) is 1.88. The second-order valence-electron chi connectivity index (χ2n) is 4.82. The van der Waals surface area contributed by atoms with Crippen LogP contribution in [0.25, 0.3) is 0 Å². The van der Waals surface area contributed by atoms with Gasteiger partial charge in [0.2, 0.25) is 15.9 Å². The Kier molecular flexibility index (Phi) is 5.48. The average molecular weight is 306 g/mol. The molecule has 108 valence electrons. The summed E-state index contributed by atoms with van der Waals surface area (Å²) in [5.74, 6) is -0.371. The average Bonchev–Trinajstić information content (AvgIpc) is 2.79. The first kappa shape index (κ1) is 16.1. The summed E-state index contributed by atoms with van der Waals surface area (Å²) in [4.78, 5) is 16.5. The fourth-order valence-electron chi connectivity index (χ4n) is 1.05. The Morgan fingerprint density at radius 1 is 1.42 bits per heavy atom. The van der Waals surface area contributed by atoms with Crippen LogP contribution in [0, 0.1) is 0 Å². The van der Waals surface area contributed by atoms with Crippen LogP contribution in [0.3, 0.4) is 0 Å². The van der Waals surface area contributed by atoms with E-state index in [1.165, 1.54) is 6.07 Å². The number of sulfonamides is 1. The van der Waals surface area contributed by atoms with Crippen molar-refractivity contribution in [3.05, 3.63) is 17.5 Å². The first-order valence-electron chi connectivity index (χ1n) is 5.71. The lowest BCUT2D eigenvalue weighted by molar-refractivity contribution is -0.145. The van der Waals surface area contributed by atoms with Gasteiger partial charge in [0, 0.05) is 13.0 Å². The summed E-state index contributed by atoms with van der Waals surface area (Å²) in [6.45, 7) is 5.42. The zero-order valence-electron chi connectivity index (χ0n) is 11.1. The fraction of sp³-hybridized carbons (Fsp3) is 0.545. The van der Waals surface area contributed by atoms with Crippen molar-refractivity contribution in [2.24, 2.45) is 0 Å². The zero-order valence-corrected chi connectivity index (χ0v) is 12.7. The second-order valence-corrected chi connectivity index (χ2v) is 7.76. The van der Waals surface area contributed by atoms with Crippen LogP contribution in [-0.2, 0) is 19.7 Å². The lowest BCUT2D eigenvalue weighted by Gasteiger charge is -2.18. The van der Waals surface area contributed by atoms with E-state index < -0.39 is 15.6 Å². The number of carbonyl (C=O) groups is 1. The molecule has 0 fully saturated rings. The van der Waals surface area contributed by atoms with E-state index in [-0.39, 0.29) is 23.1 Å². The molecular weight excluding hydrogens is 288 g/mol. The van der Waals surface area contributed by atoms with Crippen LogP contribution in [0.2, 0.25) is 0 Å². The first-order chi connectivity index (χ1) is 8.71. The summed E-state index contributed by atoms with van der Waals surface area (Å²) < 4.78 is 26.0. The van der Waals surface area contributed by atoms with Crippen LogP contribution in [0.4, 0.5) is 0 Å². The number of amides is 1. The predicted molar refractivity (Wildman–Crippen MR) is 73.1 cm³/mol. The second kappa shape index (κ2) is 6.47. The Bertz CT molecular complexity index is 503. The number of carbonyl (C=O) groups excluding carboxylic acids is 1. The zero-order chi connectivity index (χ0) is 14.5. The van der Waals surface area contributed by atoms with Gasteiger partial charge in [0.15, 0.2) is 0 Å². The van der Waals surface area contributed by atoms with E-state index >= 15 is 0 Å². The maximum Gasteiger partial charge on any atom is 0.250 e. The van der Waals surface area contributed by atoms with Crippen LogP contribution in [0.15, 0.2) is 21.7 Å². The Hall–Kier alpha value is -0.960. The molecular formula is C11H18N2O4S2. The van der Waals surface area contributed by atoms with Crippen LogP contribution >= 0.6 is 11.3 Å². The number of nitrogens with one attached hydrogen (secondary N) is 2. The molecule has 0 unspecified atom stereocenters. The molecule has 1 heterocycles. The SMILES string of the molecule is CC(C)(C)ONC(=O)CCNS(=O)(=O)c1cccs1. The molecule has 8 heteroatoms. The van der Waals surface area contributed by atoms with Crippen LogP contribution in [0.5, 0.6) is 0 Å². The number of rotatable bonds is 6. The molecule has 0 atom stereocenters. The highest BCUT2D eigenvalue weighted by molar-refractivity contribution is 7.91. The van der Waals surface area contributed by atoms with Crippen molar-refractivity contribution in [3.8, 4) is 0 Å². The molecule has 0 spiro atoms. The molecule has 2 N–H and O–H groups in total. The highest BCUT2D eigenvalue weighted by atomic mass is 32.2. The topological polar surface area (TPSA) is 84.5 Å². The van der Waals surface area contributed by atoms with E-state index in [9.17, 15) is 13.2 Å². The van der Waals surface area contributed by atoms with E-state index in [0.29, 0.717) is 0 Å².